The second kappa shape index (κ2) is 9.55. The Bertz CT molecular complexity index is 1200. The van der Waals surface area contributed by atoms with Crippen molar-refractivity contribution in [2.45, 2.75) is 13.2 Å². The lowest BCUT2D eigenvalue weighted by Gasteiger charge is -2.06. The smallest absolute Gasteiger partial charge is 0.293 e. The molecule has 4 rings (SSSR count). The van der Waals surface area contributed by atoms with E-state index in [1.165, 1.54) is 11.0 Å². The highest BCUT2D eigenvalue weighted by Gasteiger charge is 2.15. The number of nitrogens with zero attached hydrogens (tertiary/aromatic N) is 3. The number of rotatable bonds is 7. The van der Waals surface area contributed by atoms with Crippen molar-refractivity contribution in [1.29, 1.82) is 0 Å². The molecule has 2 aromatic carbocycles. The van der Waals surface area contributed by atoms with Gasteiger partial charge in [0, 0.05) is 15.6 Å². The molecule has 0 saturated heterocycles. The van der Waals surface area contributed by atoms with Crippen LogP contribution in [0.4, 0.5) is 5.95 Å². The molecule has 0 spiro atoms. The second-order valence-electron chi connectivity index (χ2n) is 6.41. The number of benzene rings is 2. The van der Waals surface area contributed by atoms with Gasteiger partial charge < -0.3 is 9.15 Å². The number of nitrogens with one attached hydrogen (secondary N) is 1. The molecule has 0 saturated carbocycles. The Morgan fingerprint density at radius 1 is 1.10 bits per heavy atom. The summed E-state index contributed by atoms with van der Waals surface area (Å²) in [4.78, 5) is 16.5. The number of aromatic nitrogens is 3. The quantitative estimate of drug-likeness (QED) is 0.331. The first-order valence-corrected chi connectivity index (χ1v) is 10.6. The second-order valence-corrected chi connectivity index (χ2v) is 8.07. The summed E-state index contributed by atoms with van der Waals surface area (Å²) in [6.07, 6.45) is 1.48. The molecule has 1 N–H and O–H groups in total. The summed E-state index contributed by atoms with van der Waals surface area (Å²) in [6.45, 7) is 0.500. The van der Waals surface area contributed by atoms with Gasteiger partial charge in [-0.05, 0) is 52.3 Å². The van der Waals surface area contributed by atoms with Gasteiger partial charge in [0.15, 0.2) is 5.76 Å². The molecule has 0 atom stereocenters. The predicted octanol–water partition coefficient (Wildman–Crippen LogP) is 5.82. The maximum atomic E-state index is 12.4. The van der Waals surface area contributed by atoms with E-state index in [1.54, 1.807) is 30.3 Å². The summed E-state index contributed by atoms with van der Waals surface area (Å²) in [5.74, 6) is 0.971. The highest BCUT2D eigenvalue weighted by Crippen LogP contribution is 2.26. The number of amides is 1. The Kier molecular flexibility index (Phi) is 6.60. The molecule has 4 aromatic rings. The van der Waals surface area contributed by atoms with Crippen LogP contribution in [0.25, 0.3) is 0 Å². The van der Waals surface area contributed by atoms with E-state index in [-0.39, 0.29) is 18.3 Å². The molecule has 1 amide bonds. The van der Waals surface area contributed by atoms with Crippen LogP contribution in [0.15, 0.2) is 69.8 Å². The molecular weight excluding hydrogens is 507 g/mol. The van der Waals surface area contributed by atoms with Crippen molar-refractivity contribution >= 4 is 51.0 Å². The monoisotopic (exact) mass is 520 g/mol. The van der Waals surface area contributed by atoms with Gasteiger partial charge in [0.2, 0.25) is 5.95 Å². The van der Waals surface area contributed by atoms with Crippen molar-refractivity contribution in [3.05, 3.63) is 92.5 Å². The van der Waals surface area contributed by atoms with Crippen LogP contribution < -0.4 is 10.1 Å². The van der Waals surface area contributed by atoms with Crippen molar-refractivity contribution < 1.29 is 13.9 Å². The molecule has 0 aliphatic rings. The molecule has 0 aliphatic heterocycles. The van der Waals surface area contributed by atoms with Gasteiger partial charge >= 0.3 is 0 Å². The Morgan fingerprint density at radius 2 is 1.87 bits per heavy atom. The number of para-hydroxylation sites is 1. The third-order valence-corrected chi connectivity index (χ3v) is 5.60. The predicted molar refractivity (Wildman–Crippen MR) is 121 cm³/mol. The van der Waals surface area contributed by atoms with Crippen LogP contribution in [0, 0.1) is 0 Å². The van der Waals surface area contributed by atoms with E-state index < -0.39 is 5.91 Å². The SMILES string of the molecule is O=C(Nc1ncn(Cc2c(Cl)cccc2Cl)n1)c1ccc(COc2ccccc2Br)o1. The number of hydrogen-bond donors (Lipinski definition) is 1. The molecular formula is C21H15BrCl2N4O3. The normalized spacial score (nSPS) is 10.8. The molecule has 0 fully saturated rings. The van der Waals surface area contributed by atoms with Gasteiger partial charge in [0.05, 0.1) is 11.0 Å². The number of halogens is 3. The first kappa shape index (κ1) is 21.4. The molecule has 7 nitrogen and oxygen atoms in total. The van der Waals surface area contributed by atoms with Crippen LogP contribution in [0.2, 0.25) is 10.0 Å². The largest absolute Gasteiger partial charge is 0.484 e. The zero-order valence-corrected chi connectivity index (χ0v) is 19.0. The number of anilines is 1. The van der Waals surface area contributed by atoms with Crippen LogP contribution in [0.3, 0.4) is 0 Å². The van der Waals surface area contributed by atoms with Crippen molar-refractivity contribution in [2.24, 2.45) is 0 Å². The lowest BCUT2D eigenvalue weighted by atomic mass is 10.2. The van der Waals surface area contributed by atoms with Gasteiger partial charge in [-0.15, -0.1) is 5.10 Å². The van der Waals surface area contributed by atoms with E-state index in [4.69, 9.17) is 32.4 Å². The molecule has 10 heteroatoms. The summed E-state index contributed by atoms with van der Waals surface area (Å²) in [5.41, 5.74) is 0.717. The number of ether oxygens (including phenoxy) is 1. The van der Waals surface area contributed by atoms with Crippen molar-refractivity contribution in [2.75, 3.05) is 5.32 Å². The van der Waals surface area contributed by atoms with E-state index in [9.17, 15) is 4.79 Å². The first-order valence-electron chi connectivity index (χ1n) is 9.09. The molecule has 158 valence electrons. The van der Waals surface area contributed by atoms with Crippen molar-refractivity contribution in [3.63, 3.8) is 0 Å². The lowest BCUT2D eigenvalue weighted by Crippen LogP contribution is -2.12. The average molecular weight is 522 g/mol. The van der Waals surface area contributed by atoms with Crippen LogP contribution in [0.1, 0.15) is 21.9 Å². The molecule has 0 unspecified atom stereocenters. The van der Waals surface area contributed by atoms with E-state index in [2.05, 4.69) is 31.3 Å². The summed E-state index contributed by atoms with van der Waals surface area (Å²) < 4.78 is 13.6. The minimum atomic E-state index is -0.472. The summed E-state index contributed by atoms with van der Waals surface area (Å²) in [6, 6.07) is 16.0. The minimum Gasteiger partial charge on any atom is -0.484 e. The fourth-order valence-electron chi connectivity index (χ4n) is 2.72. The summed E-state index contributed by atoms with van der Waals surface area (Å²) >= 11 is 15.8. The molecule has 2 heterocycles. The van der Waals surface area contributed by atoms with Gasteiger partial charge in [-0.1, -0.05) is 41.4 Å². The standard InChI is InChI=1S/C21H15BrCl2N4O3/c22-15-4-1-2-7-18(15)30-11-13-8-9-19(31-13)20(29)26-21-25-12-28(27-21)10-14-16(23)5-3-6-17(14)24/h1-9,12H,10-11H2,(H,26,27,29). The van der Waals surface area contributed by atoms with Crippen molar-refractivity contribution in [1.82, 2.24) is 14.8 Å². The Balaban J connectivity index is 1.36. The Labute approximate surface area is 196 Å². The highest BCUT2D eigenvalue weighted by molar-refractivity contribution is 9.10. The highest BCUT2D eigenvalue weighted by atomic mass is 79.9. The minimum absolute atomic E-state index is 0.122. The molecule has 0 bridgehead atoms. The van der Waals surface area contributed by atoms with Gasteiger partial charge in [-0.25, -0.2) is 9.67 Å². The topological polar surface area (TPSA) is 82.2 Å². The average Bonchev–Trinajstić information content (AvgIpc) is 3.40. The van der Waals surface area contributed by atoms with Crippen LogP contribution in [-0.4, -0.2) is 20.7 Å². The maximum Gasteiger partial charge on any atom is 0.293 e. The Morgan fingerprint density at radius 3 is 2.65 bits per heavy atom. The zero-order valence-electron chi connectivity index (χ0n) is 15.9. The van der Waals surface area contributed by atoms with Crippen molar-refractivity contribution in [3.8, 4) is 5.75 Å². The molecule has 0 radical (unpaired) electrons. The van der Waals surface area contributed by atoms with Gasteiger partial charge in [-0.2, -0.15) is 0 Å². The number of carbonyl (C=O) groups is 1. The number of hydrogen-bond acceptors (Lipinski definition) is 5. The zero-order chi connectivity index (χ0) is 21.8. The fraction of sp³-hybridized carbons (Fsp3) is 0.0952. The van der Waals surface area contributed by atoms with E-state index >= 15 is 0 Å². The van der Waals surface area contributed by atoms with Crippen LogP contribution in [0.5, 0.6) is 5.75 Å². The van der Waals surface area contributed by atoms with E-state index in [0.29, 0.717) is 33.7 Å². The van der Waals surface area contributed by atoms with Crippen LogP contribution >= 0.6 is 39.1 Å². The number of carbonyl (C=O) groups excluding carboxylic acids is 1. The molecule has 0 aliphatic carbocycles. The Hall–Kier alpha value is -2.81. The van der Waals surface area contributed by atoms with E-state index in [0.717, 1.165) is 4.47 Å². The molecule has 2 aromatic heterocycles. The van der Waals surface area contributed by atoms with E-state index in [1.807, 2.05) is 24.3 Å². The van der Waals surface area contributed by atoms with Crippen LogP contribution in [-0.2, 0) is 13.2 Å². The van der Waals surface area contributed by atoms with Gasteiger partial charge in [0.1, 0.15) is 24.4 Å². The third kappa shape index (κ3) is 5.28. The first-order chi connectivity index (χ1) is 15.0. The van der Waals surface area contributed by atoms with Gasteiger partial charge in [0.25, 0.3) is 5.91 Å². The summed E-state index contributed by atoms with van der Waals surface area (Å²) in [5, 5.41) is 7.89. The molecule has 31 heavy (non-hydrogen) atoms. The third-order valence-electron chi connectivity index (χ3n) is 4.24. The van der Waals surface area contributed by atoms with Gasteiger partial charge in [-0.3, -0.25) is 10.1 Å². The fourth-order valence-corrected chi connectivity index (χ4v) is 3.64. The number of furan rings is 1. The summed E-state index contributed by atoms with van der Waals surface area (Å²) in [7, 11) is 0. The maximum absolute atomic E-state index is 12.4. The lowest BCUT2D eigenvalue weighted by molar-refractivity contribution is 0.0991.